The maximum atomic E-state index is 10.9. The Kier molecular flexibility index (Phi) is 5.01. The van der Waals surface area contributed by atoms with E-state index in [1.807, 2.05) is 6.92 Å². The number of likely N-dealkylation sites (tertiary alicyclic amines) is 1. The van der Waals surface area contributed by atoms with Crippen LogP contribution >= 0.6 is 0 Å². The highest BCUT2D eigenvalue weighted by atomic mass is 16.5. The lowest BCUT2D eigenvalue weighted by atomic mass is 10.1. The van der Waals surface area contributed by atoms with Gasteiger partial charge in [0.1, 0.15) is 5.75 Å². The summed E-state index contributed by atoms with van der Waals surface area (Å²) in [6, 6.07) is 6.21. The molecule has 1 aliphatic heterocycles. The van der Waals surface area contributed by atoms with E-state index in [4.69, 9.17) is 9.84 Å². The lowest BCUT2D eigenvalue weighted by Crippen LogP contribution is -2.25. The molecule has 2 rings (SSSR count). The topological polar surface area (TPSA) is 49.8 Å². The molecule has 1 aromatic carbocycles. The summed E-state index contributed by atoms with van der Waals surface area (Å²) in [5, 5.41) is 8.96. The van der Waals surface area contributed by atoms with Gasteiger partial charge in [0, 0.05) is 13.1 Å². The molecule has 1 N–H and O–H groups in total. The molecule has 0 bridgehead atoms. The van der Waals surface area contributed by atoms with Crippen LogP contribution in [0.25, 0.3) is 0 Å². The number of nitrogens with zero attached hydrogens (tertiary/aromatic N) is 1. The summed E-state index contributed by atoms with van der Waals surface area (Å²) in [5.41, 5.74) is 2.36. The maximum absolute atomic E-state index is 10.9. The molecule has 1 aromatic rings. The number of hydrogen-bond acceptors (Lipinski definition) is 3. The SMILES string of the molecule is Cc1ccc(C)c(OCCCN2CC[C@@H](C(=O)O)C2)c1. The van der Waals surface area contributed by atoms with Crippen molar-refractivity contribution in [3.05, 3.63) is 29.3 Å². The molecule has 0 aliphatic carbocycles. The summed E-state index contributed by atoms with van der Waals surface area (Å²) in [5.74, 6) is 0.101. The van der Waals surface area contributed by atoms with E-state index in [1.165, 1.54) is 5.56 Å². The fourth-order valence-electron chi connectivity index (χ4n) is 2.57. The predicted molar refractivity (Wildman–Crippen MR) is 78.2 cm³/mol. The van der Waals surface area contributed by atoms with Gasteiger partial charge in [-0.05, 0) is 50.4 Å². The van der Waals surface area contributed by atoms with Gasteiger partial charge < -0.3 is 14.7 Å². The molecule has 0 unspecified atom stereocenters. The second kappa shape index (κ2) is 6.75. The zero-order valence-corrected chi connectivity index (χ0v) is 12.3. The van der Waals surface area contributed by atoms with E-state index in [0.717, 1.165) is 37.2 Å². The van der Waals surface area contributed by atoms with E-state index in [9.17, 15) is 4.79 Å². The van der Waals surface area contributed by atoms with Crippen molar-refractivity contribution < 1.29 is 14.6 Å². The molecule has 110 valence electrons. The first-order valence-electron chi connectivity index (χ1n) is 7.21. The minimum Gasteiger partial charge on any atom is -0.493 e. The molecule has 0 spiro atoms. The van der Waals surface area contributed by atoms with Crippen LogP contribution in [0.2, 0.25) is 0 Å². The number of aliphatic carboxylic acids is 1. The zero-order chi connectivity index (χ0) is 14.5. The van der Waals surface area contributed by atoms with Crippen LogP contribution in [0, 0.1) is 19.8 Å². The first-order valence-corrected chi connectivity index (χ1v) is 7.21. The fraction of sp³-hybridized carbons (Fsp3) is 0.562. The quantitative estimate of drug-likeness (QED) is 0.812. The Bertz CT molecular complexity index is 473. The summed E-state index contributed by atoms with van der Waals surface area (Å²) in [6.07, 6.45) is 1.70. The van der Waals surface area contributed by atoms with Crippen LogP contribution in [0.1, 0.15) is 24.0 Å². The van der Waals surface area contributed by atoms with Crippen LogP contribution in [0.15, 0.2) is 18.2 Å². The average molecular weight is 277 g/mol. The highest BCUT2D eigenvalue weighted by Gasteiger charge is 2.27. The largest absolute Gasteiger partial charge is 0.493 e. The van der Waals surface area contributed by atoms with Gasteiger partial charge in [-0.3, -0.25) is 4.79 Å². The molecule has 1 aliphatic rings. The Balaban J connectivity index is 1.69. The van der Waals surface area contributed by atoms with Gasteiger partial charge in [-0.25, -0.2) is 0 Å². The molecule has 20 heavy (non-hydrogen) atoms. The standard InChI is InChI=1S/C16H23NO3/c1-12-4-5-13(2)15(10-12)20-9-3-7-17-8-6-14(11-17)16(18)19/h4-5,10,14H,3,6-9,11H2,1-2H3,(H,18,19)/t14-/m1/s1. The fourth-order valence-corrected chi connectivity index (χ4v) is 2.57. The molecule has 0 amide bonds. The van der Waals surface area contributed by atoms with Crippen LogP contribution in [0.5, 0.6) is 5.75 Å². The van der Waals surface area contributed by atoms with E-state index in [-0.39, 0.29) is 5.92 Å². The minimum absolute atomic E-state index is 0.185. The molecule has 1 fully saturated rings. The van der Waals surface area contributed by atoms with Gasteiger partial charge in [-0.15, -0.1) is 0 Å². The van der Waals surface area contributed by atoms with Crippen LogP contribution in [0.3, 0.4) is 0 Å². The number of aryl methyl sites for hydroxylation is 2. The Hall–Kier alpha value is -1.55. The van der Waals surface area contributed by atoms with Crippen LogP contribution < -0.4 is 4.74 Å². The number of rotatable bonds is 6. The Morgan fingerprint density at radius 2 is 2.25 bits per heavy atom. The van der Waals surface area contributed by atoms with Crippen molar-refractivity contribution in [2.45, 2.75) is 26.7 Å². The summed E-state index contributed by atoms with van der Waals surface area (Å²) in [6.45, 7) is 7.27. The number of carboxylic acid groups (broad SMARTS) is 1. The number of carboxylic acids is 1. The third kappa shape index (κ3) is 3.97. The third-order valence-electron chi connectivity index (χ3n) is 3.84. The molecule has 1 heterocycles. The summed E-state index contributed by atoms with van der Waals surface area (Å²) in [4.78, 5) is 13.1. The second-order valence-corrected chi connectivity index (χ2v) is 5.60. The van der Waals surface area contributed by atoms with Gasteiger partial charge in [-0.1, -0.05) is 12.1 Å². The van der Waals surface area contributed by atoms with E-state index >= 15 is 0 Å². The molecule has 4 heteroatoms. The van der Waals surface area contributed by atoms with Gasteiger partial charge in [0.25, 0.3) is 0 Å². The molecule has 0 radical (unpaired) electrons. The van der Waals surface area contributed by atoms with Crippen molar-refractivity contribution in [1.82, 2.24) is 4.90 Å². The highest BCUT2D eigenvalue weighted by Crippen LogP contribution is 2.20. The molecule has 1 saturated heterocycles. The lowest BCUT2D eigenvalue weighted by molar-refractivity contribution is -0.141. The van der Waals surface area contributed by atoms with Crippen molar-refractivity contribution >= 4 is 5.97 Å². The molecular formula is C16H23NO3. The minimum atomic E-state index is -0.667. The number of carbonyl (C=O) groups is 1. The first-order chi connectivity index (χ1) is 9.56. The van der Waals surface area contributed by atoms with E-state index in [1.54, 1.807) is 0 Å². The third-order valence-corrected chi connectivity index (χ3v) is 3.84. The second-order valence-electron chi connectivity index (χ2n) is 5.60. The molecule has 0 saturated carbocycles. The van der Waals surface area contributed by atoms with E-state index in [2.05, 4.69) is 30.0 Å². The smallest absolute Gasteiger partial charge is 0.307 e. The zero-order valence-electron chi connectivity index (χ0n) is 12.3. The monoisotopic (exact) mass is 277 g/mol. The van der Waals surface area contributed by atoms with Crippen molar-refractivity contribution in [2.75, 3.05) is 26.2 Å². The normalized spacial score (nSPS) is 19.2. The van der Waals surface area contributed by atoms with E-state index < -0.39 is 5.97 Å². The highest BCUT2D eigenvalue weighted by molar-refractivity contribution is 5.70. The predicted octanol–water partition coefficient (Wildman–Crippen LogP) is 2.48. The van der Waals surface area contributed by atoms with Crippen molar-refractivity contribution in [2.24, 2.45) is 5.92 Å². The first kappa shape index (κ1) is 14.9. The van der Waals surface area contributed by atoms with Crippen LogP contribution in [-0.4, -0.2) is 42.2 Å². The van der Waals surface area contributed by atoms with Gasteiger partial charge in [-0.2, -0.15) is 0 Å². The van der Waals surface area contributed by atoms with Gasteiger partial charge in [0.15, 0.2) is 0 Å². The molecule has 0 aromatic heterocycles. The van der Waals surface area contributed by atoms with Crippen LogP contribution in [0.4, 0.5) is 0 Å². The summed E-state index contributed by atoms with van der Waals surface area (Å²) in [7, 11) is 0. The Morgan fingerprint density at radius 3 is 2.95 bits per heavy atom. The number of benzene rings is 1. The van der Waals surface area contributed by atoms with Gasteiger partial charge in [0.2, 0.25) is 0 Å². The van der Waals surface area contributed by atoms with Crippen LogP contribution in [-0.2, 0) is 4.79 Å². The van der Waals surface area contributed by atoms with Crippen molar-refractivity contribution in [3.63, 3.8) is 0 Å². The summed E-state index contributed by atoms with van der Waals surface area (Å²) >= 11 is 0. The molecule has 1 atom stereocenters. The molecular weight excluding hydrogens is 254 g/mol. The van der Waals surface area contributed by atoms with Gasteiger partial charge in [0.05, 0.1) is 12.5 Å². The lowest BCUT2D eigenvalue weighted by Gasteiger charge is -2.15. The summed E-state index contributed by atoms with van der Waals surface area (Å²) < 4.78 is 5.81. The number of hydrogen-bond donors (Lipinski definition) is 1. The van der Waals surface area contributed by atoms with Crippen molar-refractivity contribution in [1.29, 1.82) is 0 Å². The van der Waals surface area contributed by atoms with Gasteiger partial charge >= 0.3 is 5.97 Å². The average Bonchev–Trinajstić information content (AvgIpc) is 2.87. The Morgan fingerprint density at radius 1 is 1.45 bits per heavy atom. The van der Waals surface area contributed by atoms with E-state index in [0.29, 0.717) is 13.2 Å². The Labute approximate surface area is 120 Å². The van der Waals surface area contributed by atoms with Crippen molar-refractivity contribution in [3.8, 4) is 5.75 Å². The number of ether oxygens (including phenoxy) is 1. The maximum Gasteiger partial charge on any atom is 0.307 e. The molecule has 4 nitrogen and oxygen atoms in total.